The third kappa shape index (κ3) is 14.3. The van der Waals surface area contributed by atoms with Crippen LogP contribution in [0, 0.1) is 5.41 Å². The quantitative estimate of drug-likeness (QED) is 0.0355. The Morgan fingerprint density at radius 2 is 1.76 bits per heavy atom. The van der Waals surface area contributed by atoms with E-state index >= 15 is 0 Å². The molecule has 25 nitrogen and oxygen atoms in total. The maximum Gasteiger partial charge on any atom is 0.481 e. The summed E-state index contributed by atoms with van der Waals surface area (Å²) in [5, 5.41) is 25.8. The molecule has 0 aromatic carbocycles. The van der Waals surface area contributed by atoms with Crippen molar-refractivity contribution in [3.05, 3.63) is 12.7 Å². The number of hydrogen-bond donors (Lipinski definition) is 9. The first kappa shape index (κ1) is 46.6. The number of phosphoric ester groups is 3. The summed E-state index contributed by atoms with van der Waals surface area (Å²) in [7, 11) is -16.4. The summed E-state index contributed by atoms with van der Waals surface area (Å²) in [6, 6.07) is 0. The van der Waals surface area contributed by atoms with Crippen LogP contribution in [0.1, 0.15) is 39.8 Å². The van der Waals surface area contributed by atoms with E-state index in [9.17, 15) is 62.7 Å². The number of fused-ring (bicyclic) bond motifs is 1. The van der Waals surface area contributed by atoms with Crippen molar-refractivity contribution in [3.63, 3.8) is 0 Å². The molecular formula is C26H42N7O18P3S. The minimum absolute atomic E-state index is 0.0247. The normalized spacial score (nSPS) is 22.3. The van der Waals surface area contributed by atoms with Gasteiger partial charge < -0.3 is 55.7 Å². The van der Waals surface area contributed by atoms with Crippen LogP contribution in [0.15, 0.2) is 12.7 Å². The number of aldehydes is 1. The van der Waals surface area contributed by atoms with Crippen molar-refractivity contribution < 1.29 is 85.3 Å². The number of nitrogens with two attached hydrogens (primary N) is 1. The number of anilines is 1. The zero-order valence-electron chi connectivity index (χ0n) is 29.3. The molecule has 0 radical (unpaired) electrons. The number of thioether (sulfide) groups is 1. The van der Waals surface area contributed by atoms with Crippen molar-refractivity contribution in [2.45, 2.75) is 69.5 Å². The second-order valence-corrected chi connectivity index (χ2v) is 18.1. The number of amides is 2. The van der Waals surface area contributed by atoms with E-state index in [2.05, 4.69) is 34.4 Å². The van der Waals surface area contributed by atoms with Crippen molar-refractivity contribution >= 4 is 76.1 Å². The van der Waals surface area contributed by atoms with Crippen molar-refractivity contribution in [3.8, 4) is 0 Å². The maximum absolute atomic E-state index is 12.7. The van der Waals surface area contributed by atoms with Crippen molar-refractivity contribution in [2.24, 2.45) is 5.41 Å². The number of aliphatic hydroxyl groups excluding tert-OH is 2. The fourth-order valence-corrected chi connectivity index (χ4v) is 8.55. The van der Waals surface area contributed by atoms with Crippen LogP contribution < -0.4 is 16.4 Å². The summed E-state index contributed by atoms with van der Waals surface area (Å²) in [5.41, 5.74) is 4.23. The lowest BCUT2D eigenvalue weighted by Crippen LogP contribution is -2.46. The van der Waals surface area contributed by atoms with E-state index in [4.69, 9.17) is 19.5 Å². The van der Waals surface area contributed by atoms with Gasteiger partial charge in [0, 0.05) is 37.1 Å². The van der Waals surface area contributed by atoms with Crippen LogP contribution in [0.5, 0.6) is 0 Å². The Morgan fingerprint density at radius 1 is 1.09 bits per heavy atom. The largest absolute Gasteiger partial charge is 0.481 e. The number of carbonyl (C=O) groups excluding carboxylic acids is 4. The summed E-state index contributed by atoms with van der Waals surface area (Å²) in [4.78, 5) is 97.6. The first-order chi connectivity index (χ1) is 25.4. The number of aliphatic hydroxyl groups is 2. The minimum atomic E-state index is -5.58. The van der Waals surface area contributed by atoms with E-state index in [1.54, 1.807) is 0 Å². The van der Waals surface area contributed by atoms with Crippen LogP contribution in [0.3, 0.4) is 0 Å². The van der Waals surface area contributed by atoms with Crippen molar-refractivity contribution in [1.82, 2.24) is 30.2 Å². The number of phosphoric acid groups is 3. The Morgan fingerprint density at radius 3 is 2.40 bits per heavy atom. The molecule has 0 saturated carbocycles. The van der Waals surface area contributed by atoms with E-state index in [-0.39, 0.29) is 48.7 Å². The average molecular weight is 866 g/mol. The molecule has 3 heterocycles. The molecule has 2 amide bonds. The Balaban J connectivity index is 1.50. The number of rotatable bonds is 23. The van der Waals surface area contributed by atoms with Gasteiger partial charge in [0.05, 0.1) is 24.8 Å². The van der Waals surface area contributed by atoms with Crippen LogP contribution in [-0.2, 0) is 55.5 Å². The molecule has 10 N–H and O–H groups in total. The average Bonchev–Trinajstić information content (AvgIpc) is 3.63. The highest BCUT2D eigenvalue weighted by atomic mass is 32.2. The lowest BCUT2D eigenvalue weighted by Gasteiger charge is -2.30. The topological polar surface area (TPSA) is 381 Å². The lowest BCUT2D eigenvalue weighted by atomic mass is 9.87. The Kier molecular flexibility index (Phi) is 16.6. The summed E-state index contributed by atoms with van der Waals surface area (Å²) >= 11 is 1.19. The fourth-order valence-electron chi connectivity index (χ4n) is 4.77. The summed E-state index contributed by atoms with van der Waals surface area (Å²) in [6.07, 6.45) is -6.27. The molecule has 310 valence electrons. The van der Waals surface area contributed by atoms with Gasteiger partial charge in [0.25, 0.3) is 0 Å². The molecule has 1 fully saturated rings. The molecule has 1 aliphatic heterocycles. The number of hydrogen-bond acceptors (Lipinski definition) is 19. The second kappa shape index (κ2) is 19.6. The minimum Gasteiger partial charge on any atom is -0.386 e. The van der Waals surface area contributed by atoms with Gasteiger partial charge in [-0.1, -0.05) is 13.8 Å². The molecule has 55 heavy (non-hydrogen) atoms. The van der Waals surface area contributed by atoms with E-state index < -0.39 is 89.8 Å². The highest BCUT2D eigenvalue weighted by molar-refractivity contribution is 8.00. The summed E-state index contributed by atoms with van der Waals surface area (Å²) < 4.78 is 62.0. The van der Waals surface area contributed by atoms with Crippen molar-refractivity contribution in [1.29, 1.82) is 0 Å². The van der Waals surface area contributed by atoms with Crippen molar-refractivity contribution in [2.75, 3.05) is 37.8 Å². The molecule has 1 aliphatic rings. The number of nitrogen functional groups attached to an aromatic ring is 1. The molecule has 29 heteroatoms. The van der Waals surface area contributed by atoms with Gasteiger partial charge in [-0.15, -0.1) is 11.8 Å². The predicted octanol–water partition coefficient (Wildman–Crippen LogP) is -1.32. The highest BCUT2D eigenvalue weighted by Gasteiger charge is 2.50. The molecule has 2 aromatic heterocycles. The van der Waals surface area contributed by atoms with Gasteiger partial charge in [0.2, 0.25) is 11.8 Å². The number of Topliss-reactive ketones (excluding diaryl/α,β-unsaturated/α-hetero) is 1. The lowest BCUT2D eigenvalue weighted by molar-refractivity contribution is -0.137. The van der Waals surface area contributed by atoms with Gasteiger partial charge in [0.1, 0.15) is 48.3 Å². The zero-order chi connectivity index (χ0) is 41.4. The predicted molar refractivity (Wildman–Crippen MR) is 187 cm³/mol. The smallest absolute Gasteiger partial charge is 0.386 e. The van der Waals surface area contributed by atoms with E-state index in [0.717, 1.165) is 17.2 Å². The van der Waals surface area contributed by atoms with Gasteiger partial charge in [-0.3, -0.25) is 32.5 Å². The Labute approximate surface area is 316 Å². The SMILES string of the molecule is CC(=O)CC(C=O)SCCNC(=O)CCNC(=O)C(O)C(C)(C)COP(=O)(O)OP(=O)(O)OC[C@H]1O[C@@H](n2cnc3c(N)ncnc32)[C@H](O)[C@@H]1OP(=O)(O)O. The number of nitrogens with zero attached hydrogens (tertiary/aromatic N) is 4. The number of nitrogens with one attached hydrogen (secondary N) is 2. The number of imidazole rings is 1. The molecule has 4 unspecified atom stereocenters. The van der Waals surface area contributed by atoms with Gasteiger partial charge in [-0.2, -0.15) is 4.31 Å². The van der Waals surface area contributed by atoms with E-state index in [1.807, 2.05) is 0 Å². The molecule has 0 spiro atoms. The third-order valence-electron chi connectivity index (χ3n) is 7.47. The van der Waals surface area contributed by atoms with E-state index in [1.165, 1.54) is 32.5 Å². The monoisotopic (exact) mass is 865 g/mol. The van der Waals surface area contributed by atoms with Crippen LogP contribution in [0.4, 0.5) is 5.82 Å². The maximum atomic E-state index is 12.7. The highest BCUT2D eigenvalue weighted by Crippen LogP contribution is 2.61. The number of carbonyl (C=O) groups is 4. The molecule has 0 aliphatic carbocycles. The third-order valence-corrected chi connectivity index (χ3v) is 11.7. The summed E-state index contributed by atoms with van der Waals surface area (Å²) in [6.45, 7) is 1.76. The second-order valence-electron chi connectivity index (χ2n) is 12.5. The van der Waals surface area contributed by atoms with Crippen LogP contribution >= 0.6 is 35.2 Å². The fraction of sp³-hybridized carbons (Fsp3) is 0.654. The Bertz CT molecular complexity index is 1830. The molecule has 3 rings (SSSR count). The van der Waals surface area contributed by atoms with Gasteiger partial charge in [0.15, 0.2) is 17.7 Å². The number of aromatic nitrogens is 4. The molecule has 1 saturated heterocycles. The van der Waals surface area contributed by atoms with Gasteiger partial charge in [-0.25, -0.2) is 28.6 Å². The standard InChI is InChI=1S/C26H42N7O18P3S/c1-14(35)8-15(9-34)55-7-6-28-17(36)4-5-29-24(39)21(38)26(2,3)11-48-54(45,46)51-53(43,44)47-10-16-20(50-52(40,41)42)19(37)25(49-16)33-13-32-18-22(27)30-12-31-23(18)33/h9,12-13,15-16,19-21,25,37-38H,4-8,10-11H2,1-3H3,(H,28,36)(H,29,39)(H,43,44)(H,45,46)(H2,27,30,31)(H2,40,41,42)/t15?,16-,19-,20-,21?,25-/m1/s1. The van der Waals surface area contributed by atoms with Crippen LogP contribution in [0.2, 0.25) is 0 Å². The summed E-state index contributed by atoms with van der Waals surface area (Å²) in [5.74, 6) is -1.30. The molecule has 8 atom stereocenters. The van der Waals surface area contributed by atoms with Gasteiger partial charge >= 0.3 is 23.5 Å². The number of ketones is 1. The first-order valence-electron chi connectivity index (χ1n) is 15.9. The molecule has 0 bridgehead atoms. The number of ether oxygens (including phenoxy) is 1. The van der Waals surface area contributed by atoms with E-state index in [0.29, 0.717) is 12.0 Å². The van der Waals surface area contributed by atoms with Gasteiger partial charge in [-0.05, 0) is 6.92 Å². The zero-order valence-corrected chi connectivity index (χ0v) is 32.8. The van der Waals surface area contributed by atoms with Crippen LogP contribution in [-0.4, -0.2) is 135 Å². The molecular weight excluding hydrogens is 823 g/mol. The Hall–Kier alpha value is -2.77. The van der Waals surface area contributed by atoms with Crippen LogP contribution in [0.25, 0.3) is 11.2 Å². The molecule has 2 aromatic rings. The first-order valence-corrected chi connectivity index (χ1v) is 21.5.